The van der Waals surface area contributed by atoms with Gasteiger partial charge in [-0.05, 0) is 0 Å². The van der Waals surface area contributed by atoms with Crippen LogP contribution in [0.5, 0.6) is 0 Å². The summed E-state index contributed by atoms with van der Waals surface area (Å²) in [5.41, 5.74) is 16.3. The molecular weight excluding hydrogens is 132 g/mol. The molecule has 6 heteroatoms. The van der Waals surface area contributed by atoms with Crippen LogP contribution in [-0.4, -0.2) is 4.98 Å². The van der Waals surface area contributed by atoms with E-state index in [4.69, 9.17) is 23.0 Å². The van der Waals surface area contributed by atoms with E-state index in [0.29, 0.717) is 5.69 Å². The first-order valence-corrected chi connectivity index (χ1v) is 2.59. The molecule has 1 rings (SSSR count). The molecule has 54 valence electrons. The lowest BCUT2D eigenvalue weighted by molar-refractivity contribution is -0.610. The SMILES string of the molecule is Nc1cnc(N)[n+](N)c1N. The van der Waals surface area contributed by atoms with Crippen LogP contribution in [0.25, 0.3) is 0 Å². The standard InChI is InChI=1S/C4H8N6/c5-2-1-9-4(7)10(8)3(2)6/h1H,5,8H2,(H3,6,7,9)/p+1. The van der Waals surface area contributed by atoms with Gasteiger partial charge in [-0.2, -0.15) is 0 Å². The van der Waals surface area contributed by atoms with Gasteiger partial charge < -0.3 is 17.2 Å². The second kappa shape index (κ2) is 1.90. The molecule has 0 aromatic carbocycles. The zero-order valence-corrected chi connectivity index (χ0v) is 5.28. The molecule has 0 aliphatic carbocycles. The van der Waals surface area contributed by atoms with Gasteiger partial charge in [0.1, 0.15) is 11.9 Å². The van der Waals surface area contributed by atoms with Gasteiger partial charge in [-0.3, -0.25) is 5.84 Å². The molecule has 1 aromatic rings. The molecule has 1 heterocycles. The van der Waals surface area contributed by atoms with Crippen LogP contribution in [0.1, 0.15) is 0 Å². The Labute approximate surface area is 57.4 Å². The lowest BCUT2D eigenvalue weighted by Crippen LogP contribution is -2.50. The maximum Gasteiger partial charge on any atom is 0.366 e. The fraction of sp³-hybridized carbons (Fsp3) is 0. The second-order valence-electron chi connectivity index (χ2n) is 1.83. The maximum atomic E-state index is 5.38. The summed E-state index contributed by atoms with van der Waals surface area (Å²) in [6.45, 7) is 0. The predicted octanol–water partition coefficient (Wildman–Crippen LogP) is -2.17. The normalized spacial score (nSPS) is 9.60. The Morgan fingerprint density at radius 3 is 2.40 bits per heavy atom. The van der Waals surface area contributed by atoms with Gasteiger partial charge in [0.05, 0.1) is 0 Å². The molecule has 6 nitrogen and oxygen atoms in total. The Kier molecular flexibility index (Phi) is 1.22. The third kappa shape index (κ3) is 0.750. The summed E-state index contributed by atoms with van der Waals surface area (Å²) in [7, 11) is 0. The van der Waals surface area contributed by atoms with E-state index < -0.39 is 0 Å². The van der Waals surface area contributed by atoms with Crippen LogP contribution in [0.15, 0.2) is 6.20 Å². The van der Waals surface area contributed by atoms with Crippen molar-refractivity contribution < 1.29 is 4.68 Å². The molecule has 0 bridgehead atoms. The van der Waals surface area contributed by atoms with Crippen molar-refractivity contribution in [3.05, 3.63) is 6.20 Å². The minimum Gasteiger partial charge on any atom is -0.392 e. The number of aromatic nitrogens is 2. The number of nitrogen functional groups attached to an aromatic ring is 4. The highest BCUT2D eigenvalue weighted by Gasteiger charge is 2.07. The van der Waals surface area contributed by atoms with Crippen molar-refractivity contribution in [3.8, 4) is 0 Å². The first-order chi connectivity index (χ1) is 4.63. The van der Waals surface area contributed by atoms with Gasteiger partial charge in [0, 0.05) is 0 Å². The lowest BCUT2D eigenvalue weighted by Gasteiger charge is -1.99. The van der Waals surface area contributed by atoms with E-state index in [1.54, 1.807) is 0 Å². The molecule has 0 aliphatic rings. The number of nitrogens with zero attached hydrogens (tertiary/aromatic N) is 2. The van der Waals surface area contributed by atoms with Gasteiger partial charge in [0.25, 0.3) is 0 Å². The molecule has 0 saturated heterocycles. The van der Waals surface area contributed by atoms with E-state index in [1.165, 1.54) is 6.20 Å². The van der Waals surface area contributed by atoms with Gasteiger partial charge in [-0.1, -0.05) is 0 Å². The third-order valence-corrected chi connectivity index (χ3v) is 1.14. The topological polar surface area (TPSA) is 121 Å². The van der Waals surface area contributed by atoms with Crippen LogP contribution in [0.2, 0.25) is 0 Å². The van der Waals surface area contributed by atoms with Crippen LogP contribution in [0.4, 0.5) is 17.5 Å². The first-order valence-electron chi connectivity index (χ1n) is 2.59. The average Bonchev–Trinajstić information content (AvgIpc) is 1.93. The zero-order chi connectivity index (χ0) is 7.72. The quantitative estimate of drug-likeness (QED) is 0.242. The van der Waals surface area contributed by atoms with E-state index in [2.05, 4.69) is 4.98 Å². The number of nitrogens with two attached hydrogens (primary N) is 4. The van der Waals surface area contributed by atoms with E-state index in [0.717, 1.165) is 4.68 Å². The molecule has 10 heavy (non-hydrogen) atoms. The molecule has 0 spiro atoms. The molecule has 0 aliphatic heterocycles. The fourth-order valence-corrected chi connectivity index (χ4v) is 0.527. The van der Waals surface area contributed by atoms with Crippen LogP contribution in [-0.2, 0) is 0 Å². The molecule has 0 radical (unpaired) electrons. The van der Waals surface area contributed by atoms with Crippen LogP contribution < -0.4 is 27.7 Å². The number of hydrogen-bond acceptors (Lipinski definition) is 5. The van der Waals surface area contributed by atoms with Crippen molar-refractivity contribution in [2.45, 2.75) is 0 Å². The molecule has 0 atom stereocenters. The summed E-state index contributed by atoms with van der Waals surface area (Å²) in [5.74, 6) is 5.65. The van der Waals surface area contributed by atoms with Crippen LogP contribution in [0.3, 0.4) is 0 Å². The fourth-order valence-electron chi connectivity index (χ4n) is 0.527. The predicted molar refractivity (Wildman–Crippen MR) is 37.8 cm³/mol. The molecular formula is C4H9N6+. The van der Waals surface area contributed by atoms with Crippen LogP contribution in [0, 0.1) is 0 Å². The van der Waals surface area contributed by atoms with E-state index in [1.807, 2.05) is 0 Å². The minimum absolute atomic E-state index is 0.131. The molecule has 1 aromatic heterocycles. The van der Waals surface area contributed by atoms with Gasteiger partial charge in [-0.25, -0.2) is 0 Å². The van der Waals surface area contributed by atoms with Gasteiger partial charge in [0.2, 0.25) is 5.82 Å². The van der Waals surface area contributed by atoms with Crippen molar-refractivity contribution in [1.82, 2.24) is 4.98 Å². The van der Waals surface area contributed by atoms with E-state index >= 15 is 0 Å². The highest BCUT2D eigenvalue weighted by atomic mass is 15.4. The number of rotatable bonds is 0. The Morgan fingerprint density at radius 1 is 1.30 bits per heavy atom. The Hall–Kier alpha value is -1.72. The Bertz CT molecular complexity index is 229. The zero-order valence-electron chi connectivity index (χ0n) is 5.28. The Morgan fingerprint density at radius 2 is 1.90 bits per heavy atom. The lowest BCUT2D eigenvalue weighted by atomic mass is 10.5. The number of hydrogen-bond donors (Lipinski definition) is 4. The van der Waals surface area contributed by atoms with Crippen molar-refractivity contribution in [1.29, 1.82) is 0 Å². The number of anilines is 3. The van der Waals surface area contributed by atoms with Gasteiger partial charge in [0.15, 0.2) is 0 Å². The summed E-state index contributed by atoms with van der Waals surface area (Å²) in [5, 5.41) is 0. The van der Waals surface area contributed by atoms with E-state index in [9.17, 15) is 0 Å². The van der Waals surface area contributed by atoms with Gasteiger partial charge >= 0.3 is 5.95 Å². The summed E-state index contributed by atoms with van der Waals surface area (Å²) < 4.78 is 1.02. The van der Waals surface area contributed by atoms with Crippen molar-refractivity contribution in [3.63, 3.8) is 0 Å². The van der Waals surface area contributed by atoms with Crippen molar-refractivity contribution >= 4 is 17.5 Å². The maximum absolute atomic E-state index is 5.38. The highest BCUT2D eigenvalue weighted by Crippen LogP contribution is 2.04. The van der Waals surface area contributed by atoms with E-state index in [-0.39, 0.29) is 11.8 Å². The largest absolute Gasteiger partial charge is 0.392 e. The second-order valence-corrected chi connectivity index (χ2v) is 1.83. The molecule has 0 amide bonds. The van der Waals surface area contributed by atoms with Crippen LogP contribution >= 0.6 is 0 Å². The summed E-state index contributed by atoms with van der Waals surface area (Å²) in [4.78, 5) is 3.65. The molecule has 0 fully saturated rings. The van der Waals surface area contributed by atoms with Crippen molar-refractivity contribution in [2.24, 2.45) is 0 Å². The molecule has 0 unspecified atom stereocenters. The summed E-state index contributed by atoms with van der Waals surface area (Å²) in [6, 6.07) is 0. The average molecular weight is 141 g/mol. The molecule has 8 N–H and O–H groups in total. The Balaban J connectivity index is 3.34. The van der Waals surface area contributed by atoms with Gasteiger partial charge in [-0.15, -0.1) is 9.66 Å². The summed E-state index contributed by atoms with van der Waals surface area (Å²) >= 11 is 0. The van der Waals surface area contributed by atoms with Crippen molar-refractivity contribution in [2.75, 3.05) is 23.0 Å². The smallest absolute Gasteiger partial charge is 0.366 e. The molecule has 0 saturated carbocycles. The monoisotopic (exact) mass is 141 g/mol. The highest BCUT2D eigenvalue weighted by molar-refractivity contribution is 5.53. The minimum atomic E-state index is 0.131. The summed E-state index contributed by atoms with van der Waals surface area (Å²) in [6.07, 6.45) is 1.36. The first kappa shape index (κ1) is 6.40. The third-order valence-electron chi connectivity index (χ3n) is 1.14.